The first-order valence-corrected chi connectivity index (χ1v) is 6.96. The van der Waals surface area contributed by atoms with Gasteiger partial charge in [0.15, 0.2) is 0 Å². The summed E-state index contributed by atoms with van der Waals surface area (Å²) in [5.41, 5.74) is 6.39. The zero-order valence-electron chi connectivity index (χ0n) is 13.0. The van der Waals surface area contributed by atoms with Crippen LogP contribution in [0.1, 0.15) is 20.8 Å². The predicted octanol–water partition coefficient (Wildman–Crippen LogP) is 2.29. The molecule has 0 saturated heterocycles. The monoisotopic (exact) mass is 305 g/mol. The lowest BCUT2D eigenvalue weighted by Gasteiger charge is -2.15. The van der Waals surface area contributed by atoms with Crippen LogP contribution in [0.25, 0.3) is 11.4 Å². The van der Waals surface area contributed by atoms with Crippen LogP contribution >= 0.6 is 0 Å². The third kappa shape index (κ3) is 3.88. The summed E-state index contributed by atoms with van der Waals surface area (Å²) in [6.07, 6.45) is 0.475. The molecule has 0 fully saturated rings. The fraction of sp³-hybridized carbons (Fsp3) is 0.400. The Labute approximate surface area is 128 Å². The van der Waals surface area contributed by atoms with Gasteiger partial charge >= 0.3 is 0 Å². The number of tetrazole rings is 1. The lowest BCUT2D eigenvalue weighted by Crippen LogP contribution is -2.24. The Morgan fingerprint density at radius 2 is 2.00 bits per heavy atom. The third-order valence-electron chi connectivity index (χ3n) is 2.97. The van der Waals surface area contributed by atoms with Crippen LogP contribution in [0, 0.1) is 0 Å². The normalized spacial score (nSPS) is 12.5. The van der Waals surface area contributed by atoms with Crippen LogP contribution in [-0.2, 0) is 5.54 Å². The molecule has 0 aliphatic heterocycles. The molecule has 0 saturated carbocycles. The third-order valence-corrected chi connectivity index (χ3v) is 2.97. The smallest absolute Gasteiger partial charge is 0.204 e. The van der Waals surface area contributed by atoms with E-state index in [4.69, 9.17) is 10.5 Å². The highest BCUT2D eigenvalue weighted by molar-refractivity contribution is 5.55. The van der Waals surface area contributed by atoms with Crippen molar-refractivity contribution in [2.45, 2.75) is 26.3 Å². The molecule has 22 heavy (non-hydrogen) atoms. The van der Waals surface area contributed by atoms with Crippen LogP contribution in [0.2, 0.25) is 0 Å². The molecule has 1 aromatic carbocycles. The molecule has 0 unspecified atom stereocenters. The molecule has 2 aromatic rings. The van der Waals surface area contributed by atoms with Crippen molar-refractivity contribution in [3.8, 4) is 17.1 Å². The Morgan fingerprint density at radius 1 is 1.32 bits per heavy atom. The predicted molar refractivity (Wildman–Crippen MR) is 82.0 cm³/mol. The SMILES string of the molecule is CC(C)(C)n1nnc(-c2ccc(OC/C(=C\F)CN)cc2)n1. The van der Waals surface area contributed by atoms with Crippen LogP contribution in [0.15, 0.2) is 36.2 Å². The fourth-order valence-corrected chi connectivity index (χ4v) is 1.63. The second-order valence-corrected chi connectivity index (χ2v) is 5.86. The minimum absolute atomic E-state index is 0.130. The topological polar surface area (TPSA) is 78.8 Å². The highest BCUT2D eigenvalue weighted by Crippen LogP contribution is 2.20. The zero-order chi connectivity index (χ0) is 16.2. The van der Waals surface area contributed by atoms with Crippen molar-refractivity contribution in [3.63, 3.8) is 0 Å². The van der Waals surface area contributed by atoms with E-state index in [-0.39, 0.29) is 18.7 Å². The van der Waals surface area contributed by atoms with E-state index in [2.05, 4.69) is 15.4 Å². The van der Waals surface area contributed by atoms with Gasteiger partial charge < -0.3 is 10.5 Å². The number of aromatic nitrogens is 4. The summed E-state index contributed by atoms with van der Waals surface area (Å²) in [5, 5.41) is 12.5. The van der Waals surface area contributed by atoms with Gasteiger partial charge in [0.2, 0.25) is 5.82 Å². The molecule has 7 heteroatoms. The summed E-state index contributed by atoms with van der Waals surface area (Å²) < 4.78 is 17.8. The van der Waals surface area contributed by atoms with Crippen molar-refractivity contribution in [2.75, 3.05) is 13.2 Å². The number of nitrogens with zero attached hydrogens (tertiary/aromatic N) is 4. The van der Waals surface area contributed by atoms with E-state index >= 15 is 0 Å². The van der Waals surface area contributed by atoms with Crippen LogP contribution in [0.4, 0.5) is 4.39 Å². The summed E-state index contributed by atoms with van der Waals surface area (Å²) in [6.45, 7) is 6.27. The highest BCUT2D eigenvalue weighted by Gasteiger charge is 2.17. The molecule has 0 bridgehead atoms. The molecule has 0 aliphatic carbocycles. The summed E-state index contributed by atoms with van der Waals surface area (Å²) in [7, 11) is 0. The Morgan fingerprint density at radius 3 is 2.50 bits per heavy atom. The molecule has 0 aliphatic rings. The average Bonchev–Trinajstić information content (AvgIpc) is 2.99. The maximum Gasteiger partial charge on any atom is 0.204 e. The fourth-order valence-electron chi connectivity index (χ4n) is 1.63. The maximum atomic E-state index is 12.4. The molecule has 2 rings (SSSR count). The van der Waals surface area contributed by atoms with Crippen LogP contribution in [-0.4, -0.2) is 33.4 Å². The molecule has 1 aromatic heterocycles. The lowest BCUT2D eigenvalue weighted by atomic mass is 10.1. The Bertz CT molecular complexity index is 643. The van der Waals surface area contributed by atoms with E-state index < -0.39 is 0 Å². The Hall–Kier alpha value is -2.28. The van der Waals surface area contributed by atoms with E-state index in [1.54, 1.807) is 16.9 Å². The number of halogens is 1. The molecule has 0 radical (unpaired) electrons. The number of ether oxygens (including phenoxy) is 1. The lowest BCUT2D eigenvalue weighted by molar-refractivity contribution is 0.306. The van der Waals surface area contributed by atoms with Gasteiger partial charge in [-0.1, -0.05) is 0 Å². The second-order valence-electron chi connectivity index (χ2n) is 5.86. The molecule has 0 spiro atoms. The Kier molecular flexibility index (Phi) is 4.87. The van der Waals surface area contributed by atoms with Crippen LogP contribution in [0.3, 0.4) is 0 Å². The van der Waals surface area contributed by atoms with Crippen molar-refractivity contribution >= 4 is 0 Å². The Balaban J connectivity index is 2.07. The first kappa shape index (κ1) is 16.1. The van der Waals surface area contributed by atoms with E-state index in [9.17, 15) is 4.39 Å². The van der Waals surface area contributed by atoms with Gasteiger partial charge in [-0.3, -0.25) is 0 Å². The first-order valence-electron chi connectivity index (χ1n) is 6.96. The zero-order valence-corrected chi connectivity index (χ0v) is 13.0. The van der Waals surface area contributed by atoms with E-state index in [1.807, 2.05) is 32.9 Å². The van der Waals surface area contributed by atoms with E-state index in [0.29, 0.717) is 23.5 Å². The van der Waals surface area contributed by atoms with Crippen molar-refractivity contribution in [2.24, 2.45) is 5.73 Å². The van der Waals surface area contributed by atoms with Gasteiger partial charge in [0.25, 0.3) is 0 Å². The van der Waals surface area contributed by atoms with Gasteiger partial charge in [0, 0.05) is 17.7 Å². The minimum Gasteiger partial charge on any atom is -0.489 e. The van der Waals surface area contributed by atoms with Crippen molar-refractivity contribution in [3.05, 3.63) is 36.2 Å². The maximum absolute atomic E-state index is 12.4. The number of nitrogens with two attached hydrogens (primary N) is 1. The first-order chi connectivity index (χ1) is 10.4. The van der Waals surface area contributed by atoms with Crippen LogP contribution in [0.5, 0.6) is 5.75 Å². The molecule has 0 atom stereocenters. The molecule has 118 valence electrons. The average molecular weight is 305 g/mol. The van der Waals surface area contributed by atoms with Gasteiger partial charge in [-0.25, -0.2) is 4.39 Å². The van der Waals surface area contributed by atoms with Crippen LogP contribution < -0.4 is 10.5 Å². The van der Waals surface area contributed by atoms with Gasteiger partial charge in [-0.05, 0) is 50.3 Å². The summed E-state index contributed by atoms with van der Waals surface area (Å²) in [6, 6.07) is 7.22. The van der Waals surface area contributed by atoms with Gasteiger partial charge in [-0.2, -0.15) is 4.80 Å². The molecular weight excluding hydrogens is 285 g/mol. The highest BCUT2D eigenvalue weighted by atomic mass is 19.1. The minimum atomic E-state index is -0.217. The molecule has 6 nitrogen and oxygen atoms in total. The van der Waals surface area contributed by atoms with Crippen molar-refractivity contribution in [1.29, 1.82) is 0 Å². The molecule has 2 N–H and O–H groups in total. The van der Waals surface area contributed by atoms with Gasteiger partial charge in [0.05, 0.1) is 11.9 Å². The number of hydrogen-bond acceptors (Lipinski definition) is 5. The summed E-state index contributed by atoms with van der Waals surface area (Å²) >= 11 is 0. The molecular formula is C15H20FN5O. The van der Waals surface area contributed by atoms with Crippen molar-refractivity contribution in [1.82, 2.24) is 20.2 Å². The molecule has 0 amide bonds. The number of hydrogen-bond donors (Lipinski definition) is 1. The summed E-state index contributed by atoms with van der Waals surface area (Å²) in [5.74, 6) is 1.17. The quantitative estimate of drug-likeness (QED) is 0.917. The number of benzene rings is 1. The number of rotatable bonds is 5. The van der Waals surface area contributed by atoms with Crippen molar-refractivity contribution < 1.29 is 9.13 Å². The summed E-state index contributed by atoms with van der Waals surface area (Å²) in [4.78, 5) is 1.58. The second kappa shape index (κ2) is 6.65. The van der Waals surface area contributed by atoms with Gasteiger partial charge in [0.1, 0.15) is 12.4 Å². The van der Waals surface area contributed by atoms with Gasteiger partial charge in [-0.15, -0.1) is 10.2 Å². The molecule has 1 heterocycles. The largest absolute Gasteiger partial charge is 0.489 e. The standard InChI is InChI=1S/C15H20FN5O/c1-15(2,3)21-19-14(18-20-21)12-4-6-13(7-5-12)22-10-11(8-16)9-17/h4-8H,9-10,17H2,1-3H3/b11-8-. The van der Waals surface area contributed by atoms with E-state index in [0.717, 1.165) is 5.56 Å². The van der Waals surface area contributed by atoms with E-state index in [1.165, 1.54) is 0 Å².